The SMILES string of the molecule is CCN(CC)S(=O)(=O)c1ccc2c(c1)C[C@H](C(=O)N1CCN(c3ncccn3)CC1)N2C(C)=O. The maximum atomic E-state index is 13.5. The van der Waals surface area contributed by atoms with Crippen molar-refractivity contribution < 1.29 is 18.0 Å². The molecule has 2 aliphatic heterocycles. The van der Waals surface area contributed by atoms with E-state index in [2.05, 4.69) is 9.97 Å². The fraction of sp³-hybridized carbons (Fsp3) is 0.478. The Morgan fingerprint density at radius 1 is 1.06 bits per heavy atom. The van der Waals surface area contributed by atoms with Crippen molar-refractivity contribution in [2.75, 3.05) is 49.1 Å². The van der Waals surface area contributed by atoms with Gasteiger partial charge in [0, 0.05) is 70.7 Å². The highest BCUT2D eigenvalue weighted by molar-refractivity contribution is 7.89. The van der Waals surface area contributed by atoms with Gasteiger partial charge in [0.25, 0.3) is 0 Å². The quantitative estimate of drug-likeness (QED) is 0.603. The second kappa shape index (κ2) is 9.67. The number of anilines is 2. The highest BCUT2D eigenvalue weighted by atomic mass is 32.2. The molecule has 3 heterocycles. The van der Waals surface area contributed by atoms with Crippen LogP contribution in [0, 0.1) is 0 Å². The van der Waals surface area contributed by atoms with Gasteiger partial charge in [0.05, 0.1) is 4.90 Å². The van der Waals surface area contributed by atoms with Crippen LogP contribution in [0.25, 0.3) is 0 Å². The normalized spacial score (nSPS) is 18.4. The third kappa shape index (κ3) is 4.37. The first-order chi connectivity index (χ1) is 16.3. The van der Waals surface area contributed by atoms with Gasteiger partial charge in [-0.3, -0.25) is 14.5 Å². The number of carbonyl (C=O) groups is 2. The molecule has 0 spiro atoms. The van der Waals surface area contributed by atoms with Crippen LogP contribution >= 0.6 is 0 Å². The standard InChI is InChI=1S/C23H30N6O4S/c1-4-28(5-2)34(32,33)19-7-8-20-18(15-19)16-21(29(20)17(3)30)22(31)26-11-13-27(14-12-26)23-24-9-6-10-25-23/h6-10,15,21H,4-5,11-14,16H2,1-3H3/t21-/m1/s1. The van der Waals surface area contributed by atoms with Crippen LogP contribution in [0.2, 0.25) is 0 Å². The summed E-state index contributed by atoms with van der Waals surface area (Å²) in [7, 11) is -3.63. The number of fused-ring (bicyclic) bond motifs is 1. The molecule has 2 amide bonds. The van der Waals surface area contributed by atoms with Crippen LogP contribution in [0.4, 0.5) is 11.6 Å². The Morgan fingerprint density at radius 2 is 1.71 bits per heavy atom. The number of amides is 2. The Balaban J connectivity index is 1.53. The molecular formula is C23H30N6O4S. The van der Waals surface area contributed by atoms with Crippen LogP contribution in [0.1, 0.15) is 26.3 Å². The van der Waals surface area contributed by atoms with Crippen molar-refractivity contribution in [3.8, 4) is 0 Å². The van der Waals surface area contributed by atoms with Gasteiger partial charge in [0.1, 0.15) is 6.04 Å². The lowest BCUT2D eigenvalue weighted by atomic mass is 10.1. The number of benzene rings is 1. The van der Waals surface area contributed by atoms with Crippen LogP contribution in [0.15, 0.2) is 41.6 Å². The first kappa shape index (κ1) is 24.1. The summed E-state index contributed by atoms with van der Waals surface area (Å²) in [5, 5.41) is 0. The van der Waals surface area contributed by atoms with Crippen molar-refractivity contribution >= 4 is 33.5 Å². The zero-order valence-electron chi connectivity index (χ0n) is 19.7. The number of sulfonamides is 1. The molecule has 2 aromatic rings. The predicted molar refractivity (Wildman–Crippen MR) is 128 cm³/mol. The molecule has 1 atom stereocenters. The summed E-state index contributed by atoms with van der Waals surface area (Å²) in [6.07, 6.45) is 3.67. The number of carbonyl (C=O) groups excluding carboxylic acids is 2. The van der Waals surface area contributed by atoms with E-state index in [1.54, 1.807) is 49.3 Å². The van der Waals surface area contributed by atoms with Gasteiger partial charge in [0.2, 0.25) is 27.8 Å². The number of hydrogen-bond acceptors (Lipinski definition) is 7. The van der Waals surface area contributed by atoms with E-state index in [9.17, 15) is 18.0 Å². The largest absolute Gasteiger partial charge is 0.337 e. The lowest BCUT2D eigenvalue weighted by Crippen LogP contribution is -2.55. The molecule has 2 aliphatic rings. The minimum Gasteiger partial charge on any atom is -0.337 e. The summed E-state index contributed by atoms with van der Waals surface area (Å²) in [5.74, 6) is 0.260. The van der Waals surface area contributed by atoms with Crippen molar-refractivity contribution in [3.63, 3.8) is 0 Å². The van der Waals surface area contributed by atoms with Crippen LogP contribution in [0.5, 0.6) is 0 Å². The van der Waals surface area contributed by atoms with Crippen LogP contribution in [-0.2, 0) is 26.0 Å². The van der Waals surface area contributed by atoms with E-state index in [0.29, 0.717) is 56.5 Å². The van der Waals surface area contributed by atoms with Gasteiger partial charge in [-0.1, -0.05) is 13.8 Å². The minimum atomic E-state index is -3.63. The van der Waals surface area contributed by atoms with E-state index in [-0.39, 0.29) is 23.1 Å². The third-order valence-corrected chi connectivity index (χ3v) is 8.48. The van der Waals surface area contributed by atoms with Crippen molar-refractivity contribution in [2.24, 2.45) is 0 Å². The first-order valence-corrected chi connectivity index (χ1v) is 13.0. The molecule has 0 N–H and O–H groups in total. The summed E-state index contributed by atoms with van der Waals surface area (Å²) in [6, 6.07) is 5.85. The van der Waals surface area contributed by atoms with Crippen molar-refractivity contribution in [1.82, 2.24) is 19.2 Å². The molecule has 0 unspecified atom stereocenters. The second-order valence-electron chi connectivity index (χ2n) is 8.35. The molecule has 34 heavy (non-hydrogen) atoms. The Kier molecular flexibility index (Phi) is 6.85. The number of aromatic nitrogens is 2. The topological polar surface area (TPSA) is 107 Å². The molecule has 4 rings (SSSR count). The molecule has 182 valence electrons. The van der Waals surface area contributed by atoms with Gasteiger partial charge in [-0.05, 0) is 29.8 Å². The summed E-state index contributed by atoms with van der Waals surface area (Å²) in [4.78, 5) is 40.0. The van der Waals surface area contributed by atoms with Crippen molar-refractivity contribution in [2.45, 2.75) is 38.1 Å². The van der Waals surface area contributed by atoms with Crippen molar-refractivity contribution in [1.29, 1.82) is 0 Å². The second-order valence-corrected chi connectivity index (χ2v) is 10.3. The highest BCUT2D eigenvalue weighted by Gasteiger charge is 2.40. The molecule has 10 nitrogen and oxygen atoms in total. The molecule has 0 aliphatic carbocycles. The molecule has 1 fully saturated rings. The fourth-order valence-corrected chi connectivity index (χ4v) is 6.19. The number of rotatable bonds is 6. The van der Waals surface area contributed by atoms with Crippen LogP contribution in [-0.4, -0.2) is 84.7 Å². The van der Waals surface area contributed by atoms with Gasteiger partial charge in [-0.25, -0.2) is 18.4 Å². The molecule has 1 aromatic carbocycles. The average molecular weight is 487 g/mol. The molecule has 1 saturated heterocycles. The van der Waals surface area contributed by atoms with Crippen LogP contribution < -0.4 is 9.80 Å². The molecule has 1 aromatic heterocycles. The van der Waals surface area contributed by atoms with E-state index in [0.717, 1.165) is 0 Å². The highest BCUT2D eigenvalue weighted by Crippen LogP contribution is 2.35. The zero-order chi connectivity index (χ0) is 24.5. The number of hydrogen-bond donors (Lipinski definition) is 0. The van der Waals surface area contributed by atoms with Crippen molar-refractivity contribution in [3.05, 3.63) is 42.2 Å². The summed E-state index contributed by atoms with van der Waals surface area (Å²) >= 11 is 0. The smallest absolute Gasteiger partial charge is 0.246 e. The van der Waals surface area contributed by atoms with Gasteiger partial charge < -0.3 is 9.80 Å². The number of nitrogens with zero attached hydrogens (tertiary/aromatic N) is 6. The van der Waals surface area contributed by atoms with Gasteiger partial charge in [0.15, 0.2) is 0 Å². The third-order valence-electron chi connectivity index (χ3n) is 6.43. The summed E-state index contributed by atoms with van der Waals surface area (Å²) in [6.45, 7) is 7.96. The van der Waals surface area contributed by atoms with Gasteiger partial charge in [-0.15, -0.1) is 0 Å². The fourth-order valence-electron chi connectivity index (χ4n) is 4.68. The lowest BCUT2D eigenvalue weighted by molar-refractivity contribution is -0.134. The van der Waals surface area contributed by atoms with E-state index >= 15 is 0 Å². The van der Waals surface area contributed by atoms with E-state index < -0.39 is 16.1 Å². The summed E-state index contributed by atoms with van der Waals surface area (Å²) in [5.41, 5.74) is 1.29. The zero-order valence-corrected chi connectivity index (χ0v) is 20.5. The summed E-state index contributed by atoms with van der Waals surface area (Å²) < 4.78 is 27.3. The monoisotopic (exact) mass is 486 g/mol. The van der Waals surface area contributed by atoms with Gasteiger partial charge >= 0.3 is 0 Å². The van der Waals surface area contributed by atoms with Gasteiger partial charge in [-0.2, -0.15) is 4.31 Å². The minimum absolute atomic E-state index is 0.131. The maximum Gasteiger partial charge on any atom is 0.246 e. The maximum absolute atomic E-state index is 13.5. The number of piperazine rings is 1. The Bertz CT molecular complexity index is 1160. The molecule has 0 radical (unpaired) electrons. The Morgan fingerprint density at radius 3 is 2.29 bits per heavy atom. The van der Waals surface area contributed by atoms with E-state index in [1.807, 2.05) is 4.90 Å². The predicted octanol–water partition coefficient (Wildman–Crippen LogP) is 1.13. The molecule has 0 bridgehead atoms. The molecular weight excluding hydrogens is 456 g/mol. The molecule has 11 heteroatoms. The average Bonchev–Trinajstić information content (AvgIpc) is 3.24. The Hall–Kier alpha value is -3.05. The lowest BCUT2D eigenvalue weighted by Gasteiger charge is -2.37. The first-order valence-electron chi connectivity index (χ1n) is 11.5. The van der Waals surface area contributed by atoms with E-state index in [1.165, 1.54) is 22.2 Å². The Labute approximate surface area is 200 Å². The molecule has 0 saturated carbocycles. The van der Waals surface area contributed by atoms with Crippen LogP contribution in [0.3, 0.4) is 0 Å². The van der Waals surface area contributed by atoms with E-state index in [4.69, 9.17) is 0 Å².